The molecule has 184 valence electrons. The lowest BCUT2D eigenvalue weighted by Crippen LogP contribution is -2.13. The average molecular weight is 509 g/mol. The van der Waals surface area contributed by atoms with Crippen molar-refractivity contribution in [1.82, 2.24) is 4.57 Å². The van der Waals surface area contributed by atoms with Crippen molar-refractivity contribution in [3.63, 3.8) is 0 Å². The van der Waals surface area contributed by atoms with Crippen LogP contribution in [0.2, 0.25) is 0 Å². The second-order valence-electron chi connectivity index (χ2n) is 8.72. The first-order chi connectivity index (χ1) is 17.0. The topological polar surface area (TPSA) is 62.9 Å². The van der Waals surface area contributed by atoms with Crippen LogP contribution in [0.1, 0.15) is 42.3 Å². The van der Waals surface area contributed by atoms with Gasteiger partial charge in [0.25, 0.3) is 0 Å². The molecule has 4 rings (SSSR count). The van der Waals surface area contributed by atoms with E-state index in [1.165, 1.54) is 34.9 Å². The Balaban J connectivity index is 1.94. The fraction of sp³-hybridized carbons (Fsp3) is 0.179. The van der Waals surface area contributed by atoms with E-state index < -0.39 is 26.5 Å². The number of benzene rings is 3. The fourth-order valence-electron chi connectivity index (χ4n) is 4.31. The van der Waals surface area contributed by atoms with E-state index >= 15 is 0 Å². The first-order valence-corrected chi connectivity index (χ1v) is 12.7. The minimum Gasteiger partial charge on any atom is -0.317 e. The van der Waals surface area contributed by atoms with Gasteiger partial charge in [-0.25, -0.2) is 8.42 Å². The van der Waals surface area contributed by atoms with Crippen LogP contribution in [-0.4, -0.2) is 13.0 Å². The summed E-state index contributed by atoms with van der Waals surface area (Å²) in [6.45, 7) is 5.30. The zero-order valence-electron chi connectivity index (χ0n) is 19.8. The Morgan fingerprint density at radius 3 is 2.31 bits per heavy atom. The van der Waals surface area contributed by atoms with Crippen LogP contribution in [0.5, 0.6) is 0 Å². The lowest BCUT2D eigenvalue weighted by atomic mass is 10.1. The van der Waals surface area contributed by atoms with Gasteiger partial charge < -0.3 is 4.57 Å². The van der Waals surface area contributed by atoms with Crippen molar-refractivity contribution in [2.24, 2.45) is 0 Å². The Morgan fingerprint density at radius 2 is 1.64 bits per heavy atom. The third-order valence-electron chi connectivity index (χ3n) is 6.08. The Bertz CT molecular complexity index is 1630. The predicted octanol–water partition coefficient (Wildman–Crippen LogP) is 7.42. The van der Waals surface area contributed by atoms with E-state index in [9.17, 15) is 26.9 Å². The van der Waals surface area contributed by atoms with Crippen LogP contribution in [0.4, 0.5) is 13.2 Å². The molecule has 0 aliphatic heterocycles. The number of sulfone groups is 1. The standard InChI is InChI=1S/C28H23F3N2O2S/c1-18(2)26-16-21(19(3)33(26)25-13-7-6-12-24(25)28(29,30)31)15-22(17-32)36(34,35)27-14-8-10-20-9-4-5-11-23(20)27/h4-16,18H,1-3H3/b22-15+. The van der Waals surface area contributed by atoms with Crippen LogP contribution >= 0.6 is 0 Å². The van der Waals surface area contributed by atoms with Gasteiger partial charge in [-0.1, -0.05) is 62.4 Å². The summed E-state index contributed by atoms with van der Waals surface area (Å²) in [5.74, 6) is -0.174. The summed E-state index contributed by atoms with van der Waals surface area (Å²) in [4.78, 5) is -0.490. The molecule has 36 heavy (non-hydrogen) atoms. The molecule has 0 bridgehead atoms. The van der Waals surface area contributed by atoms with Gasteiger partial charge in [0.2, 0.25) is 9.84 Å². The van der Waals surface area contributed by atoms with Gasteiger partial charge in [0, 0.05) is 16.8 Å². The number of rotatable bonds is 5. The average Bonchev–Trinajstić information content (AvgIpc) is 3.17. The third kappa shape index (κ3) is 4.42. The van der Waals surface area contributed by atoms with Gasteiger partial charge in [-0.3, -0.25) is 0 Å². The Morgan fingerprint density at radius 1 is 1.00 bits per heavy atom. The Labute approximate surface area is 207 Å². The summed E-state index contributed by atoms with van der Waals surface area (Å²) in [6, 6.07) is 20.5. The van der Waals surface area contributed by atoms with Gasteiger partial charge in [-0.2, -0.15) is 18.4 Å². The lowest BCUT2D eigenvalue weighted by molar-refractivity contribution is -0.137. The first kappa shape index (κ1) is 25.3. The van der Waals surface area contributed by atoms with Crippen molar-refractivity contribution in [2.45, 2.75) is 37.8 Å². The number of hydrogen-bond donors (Lipinski definition) is 0. The van der Waals surface area contributed by atoms with Crippen LogP contribution in [0.15, 0.2) is 82.6 Å². The molecule has 0 saturated heterocycles. The van der Waals surface area contributed by atoms with Crippen molar-refractivity contribution >= 4 is 26.7 Å². The fourth-order valence-corrected chi connectivity index (χ4v) is 5.68. The van der Waals surface area contributed by atoms with E-state index in [0.29, 0.717) is 27.7 Å². The monoisotopic (exact) mass is 508 g/mol. The van der Waals surface area contributed by atoms with Crippen molar-refractivity contribution < 1.29 is 21.6 Å². The number of nitrogens with zero attached hydrogens (tertiary/aromatic N) is 2. The summed E-state index contributed by atoms with van der Waals surface area (Å²) in [5, 5.41) is 11.0. The van der Waals surface area contributed by atoms with Gasteiger partial charge in [0.05, 0.1) is 16.1 Å². The molecule has 3 aromatic carbocycles. The second-order valence-corrected chi connectivity index (χ2v) is 10.6. The van der Waals surface area contributed by atoms with Crippen LogP contribution in [0, 0.1) is 18.3 Å². The highest BCUT2D eigenvalue weighted by atomic mass is 32.2. The summed E-state index contributed by atoms with van der Waals surface area (Å²) < 4.78 is 69.9. The molecule has 0 atom stereocenters. The molecule has 0 spiro atoms. The van der Waals surface area contributed by atoms with Gasteiger partial charge in [0.1, 0.15) is 11.0 Å². The summed E-state index contributed by atoms with van der Waals surface area (Å²) in [7, 11) is -4.20. The molecule has 4 nitrogen and oxygen atoms in total. The molecule has 0 saturated carbocycles. The van der Waals surface area contributed by atoms with E-state index in [0.717, 1.165) is 6.07 Å². The van der Waals surface area contributed by atoms with Crippen LogP contribution in [-0.2, 0) is 16.0 Å². The van der Waals surface area contributed by atoms with Gasteiger partial charge >= 0.3 is 6.18 Å². The molecule has 0 N–H and O–H groups in total. The number of halogens is 3. The molecule has 0 aliphatic rings. The summed E-state index contributed by atoms with van der Waals surface area (Å²) >= 11 is 0. The summed E-state index contributed by atoms with van der Waals surface area (Å²) in [6.07, 6.45) is -3.34. The lowest BCUT2D eigenvalue weighted by Gasteiger charge is -2.19. The van der Waals surface area contributed by atoms with Crippen molar-refractivity contribution in [3.8, 4) is 11.8 Å². The minimum atomic E-state index is -4.58. The van der Waals surface area contributed by atoms with E-state index in [4.69, 9.17) is 0 Å². The van der Waals surface area contributed by atoms with E-state index in [2.05, 4.69) is 0 Å². The predicted molar refractivity (Wildman–Crippen MR) is 134 cm³/mol. The van der Waals surface area contributed by atoms with Gasteiger partial charge in [-0.05, 0) is 54.1 Å². The molecule has 0 unspecified atom stereocenters. The molecule has 0 fully saturated rings. The Hall–Kier alpha value is -3.83. The number of aromatic nitrogens is 1. The molecule has 0 radical (unpaired) electrons. The smallest absolute Gasteiger partial charge is 0.317 e. The number of fused-ring (bicyclic) bond motifs is 1. The molecule has 4 aromatic rings. The quantitative estimate of drug-likeness (QED) is 0.264. The molecular weight excluding hydrogens is 485 g/mol. The highest BCUT2D eigenvalue weighted by Gasteiger charge is 2.35. The maximum Gasteiger partial charge on any atom is 0.418 e. The zero-order chi connectivity index (χ0) is 26.3. The molecule has 1 heterocycles. The van der Waals surface area contributed by atoms with Crippen LogP contribution in [0.3, 0.4) is 0 Å². The van der Waals surface area contributed by atoms with E-state index in [-0.39, 0.29) is 16.5 Å². The molecule has 0 amide bonds. The number of allylic oxidation sites excluding steroid dienone is 1. The second kappa shape index (κ2) is 9.32. The first-order valence-electron chi connectivity index (χ1n) is 11.2. The molecular formula is C28H23F3N2O2S. The SMILES string of the molecule is Cc1c(/C=C(\C#N)S(=O)(=O)c2cccc3ccccc23)cc(C(C)C)n1-c1ccccc1C(F)(F)F. The number of alkyl halides is 3. The van der Waals surface area contributed by atoms with E-state index in [1.54, 1.807) is 55.5 Å². The van der Waals surface area contributed by atoms with Crippen molar-refractivity contribution in [2.75, 3.05) is 0 Å². The highest BCUT2D eigenvalue weighted by molar-refractivity contribution is 7.96. The van der Waals surface area contributed by atoms with Crippen molar-refractivity contribution in [1.29, 1.82) is 5.26 Å². The van der Waals surface area contributed by atoms with Gasteiger partial charge in [-0.15, -0.1) is 0 Å². The number of hydrogen-bond acceptors (Lipinski definition) is 3. The van der Waals surface area contributed by atoms with E-state index in [1.807, 2.05) is 13.8 Å². The number of nitriles is 1. The molecule has 0 aliphatic carbocycles. The van der Waals surface area contributed by atoms with Crippen LogP contribution < -0.4 is 0 Å². The zero-order valence-corrected chi connectivity index (χ0v) is 20.7. The Kier molecular flexibility index (Phi) is 6.54. The van der Waals surface area contributed by atoms with Gasteiger partial charge in [0.15, 0.2) is 0 Å². The van der Waals surface area contributed by atoms with Crippen LogP contribution in [0.25, 0.3) is 22.5 Å². The largest absolute Gasteiger partial charge is 0.418 e. The molecule has 1 aromatic heterocycles. The summed E-state index contributed by atoms with van der Waals surface area (Å²) in [5.41, 5.74) is 0.467. The minimum absolute atomic E-state index is 0.00279. The maximum atomic E-state index is 13.8. The third-order valence-corrected chi connectivity index (χ3v) is 7.81. The highest BCUT2D eigenvalue weighted by Crippen LogP contribution is 2.37. The molecule has 8 heteroatoms. The maximum absolute atomic E-state index is 13.8. The van der Waals surface area contributed by atoms with Crippen molar-refractivity contribution in [3.05, 3.63) is 100 Å². The number of para-hydroxylation sites is 1. The normalized spacial score (nSPS) is 12.8.